The zero-order valence-corrected chi connectivity index (χ0v) is 21.8. The lowest BCUT2D eigenvalue weighted by atomic mass is 10.2. The first-order chi connectivity index (χ1) is 17.8. The van der Waals surface area contributed by atoms with E-state index in [0.717, 1.165) is 35.8 Å². The Bertz CT molecular complexity index is 1430. The lowest BCUT2D eigenvalue weighted by Gasteiger charge is -2.26. The van der Waals surface area contributed by atoms with Crippen LogP contribution in [0.15, 0.2) is 61.4 Å². The first kappa shape index (κ1) is 25.6. The molecular weight excluding hydrogens is 468 g/mol. The van der Waals surface area contributed by atoms with Crippen LogP contribution >= 0.6 is 0 Å². The average Bonchev–Trinajstić information content (AvgIpc) is 3.24. The first-order valence-electron chi connectivity index (χ1n) is 11.9. The molecule has 1 amide bonds. The minimum Gasteiger partial charge on any atom is -0.494 e. The Morgan fingerprint density at radius 3 is 2.68 bits per heavy atom. The van der Waals surface area contributed by atoms with Crippen LogP contribution in [0.5, 0.6) is 5.75 Å². The molecule has 4 rings (SSSR count). The molecule has 2 N–H and O–H groups in total. The predicted molar refractivity (Wildman–Crippen MR) is 148 cm³/mol. The second-order valence-electron chi connectivity index (χ2n) is 8.86. The minimum absolute atomic E-state index is 0.307. The monoisotopic (exact) mass is 500 g/mol. The Hall–Kier alpha value is -4.44. The van der Waals surface area contributed by atoms with Crippen molar-refractivity contribution in [1.82, 2.24) is 24.3 Å². The summed E-state index contributed by atoms with van der Waals surface area (Å²) in [5.74, 6) is 1.37. The zero-order valence-electron chi connectivity index (χ0n) is 21.8. The summed E-state index contributed by atoms with van der Waals surface area (Å²) in [6, 6.07) is 11.5. The van der Waals surface area contributed by atoms with E-state index in [1.54, 1.807) is 13.3 Å². The predicted octanol–water partition coefficient (Wildman–Crippen LogP) is 3.97. The average molecular weight is 501 g/mol. The van der Waals surface area contributed by atoms with Crippen LogP contribution in [-0.4, -0.2) is 71.5 Å². The van der Waals surface area contributed by atoms with Crippen molar-refractivity contribution in [3.63, 3.8) is 0 Å². The number of rotatable bonds is 10. The van der Waals surface area contributed by atoms with Crippen LogP contribution in [-0.2, 0) is 4.79 Å². The number of carbonyl (C=O) groups is 1. The summed E-state index contributed by atoms with van der Waals surface area (Å²) >= 11 is 0. The Kier molecular flexibility index (Phi) is 7.69. The van der Waals surface area contributed by atoms with E-state index < -0.39 is 0 Å². The Morgan fingerprint density at radius 1 is 1.14 bits per heavy atom. The summed E-state index contributed by atoms with van der Waals surface area (Å²) in [6.07, 6.45) is 4.88. The summed E-state index contributed by atoms with van der Waals surface area (Å²) < 4.78 is 7.69. The fraction of sp³-hybridized carbons (Fsp3) is 0.259. The van der Waals surface area contributed by atoms with Gasteiger partial charge in [-0.15, -0.1) is 0 Å². The molecule has 0 fully saturated rings. The smallest absolute Gasteiger partial charge is 0.247 e. The van der Waals surface area contributed by atoms with Gasteiger partial charge in [0.05, 0.1) is 35.4 Å². The van der Waals surface area contributed by atoms with Gasteiger partial charge >= 0.3 is 0 Å². The number of benzene rings is 1. The summed E-state index contributed by atoms with van der Waals surface area (Å²) in [4.78, 5) is 30.2. The standard InChI is InChI=1S/C27H32N8O2/c1-7-25(36)30-20-16-21(24(37-6)17-23(20)34(5)15-14-33(3)4)32-27-28-12-11-19(31-27)26-29-18(2)22-10-8-9-13-35(22)26/h7-13,16-17H,1,14-15H2,2-6H3,(H,30,36)(H,28,31,32). The third-order valence-corrected chi connectivity index (χ3v) is 5.92. The molecule has 4 aromatic rings. The number of amides is 1. The Balaban J connectivity index is 1.71. The molecular formula is C27H32N8O2. The maximum absolute atomic E-state index is 12.2. The van der Waals surface area contributed by atoms with Crippen LogP contribution in [0, 0.1) is 6.92 Å². The molecule has 1 aromatic carbocycles. The minimum atomic E-state index is -0.307. The maximum Gasteiger partial charge on any atom is 0.247 e. The van der Waals surface area contributed by atoms with Crippen molar-refractivity contribution in [3.05, 3.63) is 67.1 Å². The van der Waals surface area contributed by atoms with Crippen molar-refractivity contribution in [2.75, 3.05) is 56.9 Å². The van der Waals surface area contributed by atoms with Crippen LogP contribution in [0.4, 0.5) is 23.0 Å². The molecule has 192 valence electrons. The van der Waals surface area contributed by atoms with Gasteiger partial charge < -0.3 is 25.2 Å². The largest absolute Gasteiger partial charge is 0.494 e. The van der Waals surface area contributed by atoms with Gasteiger partial charge in [0.2, 0.25) is 11.9 Å². The van der Waals surface area contributed by atoms with E-state index in [2.05, 4.69) is 32.0 Å². The Labute approximate surface area is 216 Å². The van der Waals surface area contributed by atoms with Gasteiger partial charge in [-0.2, -0.15) is 0 Å². The number of aromatic nitrogens is 4. The second kappa shape index (κ2) is 11.1. The number of methoxy groups -OCH3 is 1. The number of hydrogen-bond donors (Lipinski definition) is 2. The number of nitrogens with zero attached hydrogens (tertiary/aromatic N) is 6. The summed E-state index contributed by atoms with van der Waals surface area (Å²) in [5, 5.41) is 6.15. The highest BCUT2D eigenvalue weighted by Gasteiger charge is 2.17. The lowest BCUT2D eigenvalue weighted by molar-refractivity contribution is -0.111. The normalized spacial score (nSPS) is 11.0. The second-order valence-corrected chi connectivity index (χ2v) is 8.86. The van der Waals surface area contributed by atoms with E-state index in [1.165, 1.54) is 6.08 Å². The van der Waals surface area contributed by atoms with Gasteiger partial charge in [-0.1, -0.05) is 12.6 Å². The van der Waals surface area contributed by atoms with E-state index in [0.29, 0.717) is 28.8 Å². The molecule has 0 atom stereocenters. The molecule has 37 heavy (non-hydrogen) atoms. The number of aryl methyl sites for hydroxylation is 1. The van der Waals surface area contributed by atoms with Gasteiger partial charge in [-0.3, -0.25) is 9.20 Å². The topological polar surface area (TPSA) is 99.9 Å². The van der Waals surface area contributed by atoms with E-state index in [-0.39, 0.29) is 5.91 Å². The fourth-order valence-corrected chi connectivity index (χ4v) is 3.94. The van der Waals surface area contributed by atoms with Crippen LogP contribution in [0.25, 0.3) is 17.0 Å². The molecule has 0 unspecified atom stereocenters. The number of imidazole rings is 1. The number of carbonyl (C=O) groups excluding carboxylic acids is 1. The summed E-state index contributed by atoms with van der Waals surface area (Å²) in [5.41, 5.74) is 4.64. The zero-order chi connectivity index (χ0) is 26.5. The van der Waals surface area contributed by atoms with Crippen LogP contribution in [0.2, 0.25) is 0 Å². The molecule has 0 saturated carbocycles. The van der Waals surface area contributed by atoms with Gasteiger partial charge in [0.1, 0.15) is 11.4 Å². The van der Waals surface area contributed by atoms with Crippen molar-refractivity contribution in [2.24, 2.45) is 0 Å². The van der Waals surface area contributed by atoms with Crippen molar-refractivity contribution in [3.8, 4) is 17.3 Å². The highest BCUT2D eigenvalue weighted by Crippen LogP contribution is 2.38. The highest BCUT2D eigenvalue weighted by atomic mass is 16.5. The summed E-state index contributed by atoms with van der Waals surface area (Å²) in [6.45, 7) is 7.14. The van der Waals surface area contributed by atoms with E-state index in [1.807, 2.05) is 75.1 Å². The van der Waals surface area contributed by atoms with Crippen molar-refractivity contribution in [2.45, 2.75) is 6.92 Å². The van der Waals surface area contributed by atoms with Crippen LogP contribution in [0.3, 0.4) is 0 Å². The summed E-state index contributed by atoms with van der Waals surface area (Å²) in [7, 11) is 7.61. The molecule has 0 spiro atoms. The molecule has 10 nitrogen and oxygen atoms in total. The van der Waals surface area contributed by atoms with Crippen molar-refractivity contribution in [1.29, 1.82) is 0 Å². The van der Waals surface area contributed by atoms with Crippen molar-refractivity contribution < 1.29 is 9.53 Å². The van der Waals surface area contributed by atoms with Gasteiger partial charge in [-0.25, -0.2) is 15.0 Å². The molecule has 0 radical (unpaired) electrons. The van der Waals surface area contributed by atoms with Gasteiger partial charge in [0.25, 0.3) is 0 Å². The number of anilines is 4. The van der Waals surface area contributed by atoms with E-state index >= 15 is 0 Å². The lowest BCUT2D eigenvalue weighted by Crippen LogP contribution is -2.29. The number of nitrogens with one attached hydrogen (secondary N) is 2. The molecule has 0 aliphatic heterocycles. The number of likely N-dealkylation sites (N-methyl/N-ethyl adjacent to an activating group) is 2. The number of ether oxygens (including phenoxy) is 1. The third kappa shape index (κ3) is 5.70. The van der Waals surface area contributed by atoms with E-state index in [9.17, 15) is 4.79 Å². The highest BCUT2D eigenvalue weighted by molar-refractivity contribution is 6.02. The molecule has 3 aromatic heterocycles. The number of hydrogen-bond acceptors (Lipinski definition) is 8. The molecule has 0 bridgehead atoms. The number of pyridine rings is 1. The van der Waals surface area contributed by atoms with Crippen LogP contribution < -0.4 is 20.3 Å². The molecule has 10 heteroatoms. The third-order valence-electron chi connectivity index (χ3n) is 5.92. The SMILES string of the molecule is C=CC(=O)Nc1cc(Nc2nccc(-c3nc(C)c4ccccn34)n2)c(OC)cc1N(C)CCN(C)C. The molecule has 3 heterocycles. The van der Waals surface area contributed by atoms with Crippen LogP contribution in [0.1, 0.15) is 5.69 Å². The molecule has 0 saturated heterocycles. The molecule has 0 aliphatic carbocycles. The first-order valence-corrected chi connectivity index (χ1v) is 11.9. The van der Waals surface area contributed by atoms with E-state index in [4.69, 9.17) is 14.7 Å². The van der Waals surface area contributed by atoms with Gasteiger partial charge in [0.15, 0.2) is 5.82 Å². The quantitative estimate of drug-likeness (QED) is 0.316. The Morgan fingerprint density at radius 2 is 1.95 bits per heavy atom. The number of fused-ring (bicyclic) bond motifs is 1. The maximum atomic E-state index is 12.2. The fourth-order valence-electron chi connectivity index (χ4n) is 3.94. The van der Waals surface area contributed by atoms with Gasteiger partial charge in [-0.05, 0) is 51.4 Å². The van der Waals surface area contributed by atoms with Crippen molar-refractivity contribution >= 4 is 34.4 Å². The molecule has 0 aliphatic rings. The van der Waals surface area contributed by atoms with Gasteiger partial charge in [0, 0.05) is 38.6 Å².